The molecule has 35 heavy (non-hydrogen) atoms. The summed E-state index contributed by atoms with van der Waals surface area (Å²) >= 11 is 0. The second-order valence-corrected chi connectivity index (χ2v) is 8.63. The van der Waals surface area contributed by atoms with Crippen molar-refractivity contribution in [1.29, 1.82) is 0 Å². The van der Waals surface area contributed by atoms with Crippen LogP contribution in [0.1, 0.15) is 37.0 Å². The van der Waals surface area contributed by atoms with Crippen LogP contribution >= 0.6 is 0 Å². The Morgan fingerprint density at radius 3 is 1.54 bits per heavy atom. The van der Waals surface area contributed by atoms with Crippen molar-refractivity contribution in [2.75, 3.05) is 6.61 Å². The van der Waals surface area contributed by atoms with Gasteiger partial charge in [-0.2, -0.15) is 0 Å². The van der Waals surface area contributed by atoms with Gasteiger partial charge in [0, 0.05) is 11.1 Å². The quantitative estimate of drug-likeness (QED) is 0.236. The molecule has 0 atom stereocenters. The molecule has 0 saturated heterocycles. The van der Waals surface area contributed by atoms with Gasteiger partial charge >= 0.3 is 0 Å². The molecule has 0 bridgehead atoms. The largest absolute Gasteiger partial charge is 0.491 e. The second kappa shape index (κ2) is 11.3. The fourth-order valence-corrected chi connectivity index (χ4v) is 4.25. The Hall–Kier alpha value is -3.53. The summed E-state index contributed by atoms with van der Waals surface area (Å²) in [4.78, 5) is 0. The monoisotopic (exact) mass is 474 g/mol. The zero-order chi connectivity index (χ0) is 24.8. The molecule has 0 aliphatic heterocycles. The molecule has 0 unspecified atom stereocenters. The predicted molar refractivity (Wildman–Crippen MR) is 136 cm³/mol. The molecule has 1 nitrogen and oxygen atoms in total. The van der Waals surface area contributed by atoms with E-state index >= 15 is 4.39 Å². The standard InChI is InChI=1S/C31H29F3O/c1-3-5-21-8-13-24(14-9-21)26-17-18-27(31(34)30(26)33)25-15-10-22(11-16-25)6-7-23-12-19-29(35-4-2)28(32)20-23/h8-20H,3-7H2,1-2H3. The molecular weight excluding hydrogens is 445 g/mol. The minimum Gasteiger partial charge on any atom is -0.491 e. The first-order chi connectivity index (χ1) is 17.0. The molecule has 0 aliphatic rings. The van der Waals surface area contributed by atoms with Crippen molar-refractivity contribution in [2.45, 2.75) is 39.5 Å². The summed E-state index contributed by atoms with van der Waals surface area (Å²) in [6, 6.07) is 23.3. The summed E-state index contributed by atoms with van der Waals surface area (Å²) in [5, 5.41) is 0. The summed E-state index contributed by atoms with van der Waals surface area (Å²) < 4.78 is 49.3. The van der Waals surface area contributed by atoms with E-state index < -0.39 is 11.6 Å². The molecule has 4 heteroatoms. The Labute approximate surface area is 205 Å². The maximum atomic E-state index is 15.0. The van der Waals surface area contributed by atoms with Crippen molar-refractivity contribution in [3.8, 4) is 28.0 Å². The maximum Gasteiger partial charge on any atom is 0.167 e. The summed E-state index contributed by atoms with van der Waals surface area (Å²) in [6.45, 7) is 4.34. The van der Waals surface area contributed by atoms with Gasteiger partial charge in [0.15, 0.2) is 23.2 Å². The van der Waals surface area contributed by atoms with Gasteiger partial charge in [0.1, 0.15) is 0 Å². The van der Waals surface area contributed by atoms with Gasteiger partial charge in [-0.05, 0) is 66.1 Å². The van der Waals surface area contributed by atoms with E-state index in [-0.39, 0.29) is 22.7 Å². The number of benzene rings is 4. The van der Waals surface area contributed by atoms with Crippen molar-refractivity contribution in [3.05, 3.63) is 113 Å². The highest BCUT2D eigenvalue weighted by molar-refractivity contribution is 5.72. The normalized spacial score (nSPS) is 11.0. The molecule has 180 valence electrons. The van der Waals surface area contributed by atoms with E-state index in [0.717, 1.165) is 24.0 Å². The molecule has 0 radical (unpaired) electrons. The van der Waals surface area contributed by atoms with Gasteiger partial charge in [-0.3, -0.25) is 0 Å². The number of hydrogen-bond donors (Lipinski definition) is 0. The lowest BCUT2D eigenvalue weighted by atomic mass is 9.96. The fourth-order valence-electron chi connectivity index (χ4n) is 4.25. The third-order valence-electron chi connectivity index (χ3n) is 6.15. The Kier molecular flexibility index (Phi) is 7.91. The highest BCUT2D eigenvalue weighted by Gasteiger charge is 2.16. The van der Waals surface area contributed by atoms with Crippen LogP contribution in [0.3, 0.4) is 0 Å². The first-order valence-corrected chi connectivity index (χ1v) is 12.1. The van der Waals surface area contributed by atoms with E-state index in [1.54, 1.807) is 30.3 Å². The molecule has 0 spiro atoms. The Balaban J connectivity index is 1.47. The first kappa shape index (κ1) is 24.6. The third-order valence-corrected chi connectivity index (χ3v) is 6.15. The van der Waals surface area contributed by atoms with Crippen LogP contribution in [-0.4, -0.2) is 6.61 Å². The molecule has 0 aromatic heterocycles. The van der Waals surface area contributed by atoms with E-state index in [1.807, 2.05) is 49.4 Å². The number of rotatable bonds is 9. The summed E-state index contributed by atoms with van der Waals surface area (Å²) in [7, 11) is 0. The predicted octanol–water partition coefficient (Wildman–Crippen LogP) is 8.57. The van der Waals surface area contributed by atoms with Crippen LogP contribution in [0, 0.1) is 17.5 Å². The van der Waals surface area contributed by atoms with Crippen LogP contribution in [0.5, 0.6) is 5.75 Å². The highest BCUT2D eigenvalue weighted by Crippen LogP contribution is 2.32. The van der Waals surface area contributed by atoms with Gasteiger partial charge in [0.2, 0.25) is 0 Å². The first-order valence-electron chi connectivity index (χ1n) is 12.1. The average molecular weight is 475 g/mol. The average Bonchev–Trinajstić information content (AvgIpc) is 2.87. The van der Waals surface area contributed by atoms with Crippen molar-refractivity contribution >= 4 is 0 Å². The molecule has 4 rings (SSSR count). The molecular formula is C31H29F3O. The van der Waals surface area contributed by atoms with E-state index in [9.17, 15) is 8.78 Å². The van der Waals surface area contributed by atoms with Crippen molar-refractivity contribution in [3.63, 3.8) is 0 Å². The molecule has 0 aliphatic carbocycles. The Bertz CT molecular complexity index is 1280. The Morgan fingerprint density at radius 1 is 0.571 bits per heavy atom. The fraction of sp³-hybridized carbons (Fsp3) is 0.226. The zero-order valence-corrected chi connectivity index (χ0v) is 20.1. The Morgan fingerprint density at radius 2 is 1.06 bits per heavy atom. The summed E-state index contributed by atoms with van der Waals surface area (Å²) in [5.74, 6) is -1.79. The minimum absolute atomic E-state index is 0.231. The molecule has 0 heterocycles. The van der Waals surface area contributed by atoms with Gasteiger partial charge in [-0.1, -0.05) is 80.1 Å². The van der Waals surface area contributed by atoms with Crippen LogP contribution in [0.15, 0.2) is 78.9 Å². The van der Waals surface area contributed by atoms with E-state index in [2.05, 4.69) is 6.92 Å². The van der Waals surface area contributed by atoms with Gasteiger partial charge in [-0.15, -0.1) is 0 Å². The lowest BCUT2D eigenvalue weighted by molar-refractivity contribution is 0.321. The van der Waals surface area contributed by atoms with Crippen molar-refractivity contribution in [1.82, 2.24) is 0 Å². The molecule has 0 N–H and O–H groups in total. The van der Waals surface area contributed by atoms with Crippen LogP contribution in [0.4, 0.5) is 13.2 Å². The van der Waals surface area contributed by atoms with E-state index in [4.69, 9.17) is 4.74 Å². The third kappa shape index (κ3) is 5.76. The molecule has 4 aromatic rings. The highest BCUT2D eigenvalue weighted by atomic mass is 19.2. The lowest BCUT2D eigenvalue weighted by Gasteiger charge is -2.11. The van der Waals surface area contributed by atoms with Crippen molar-refractivity contribution < 1.29 is 17.9 Å². The van der Waals surface area contributed by atoms with Crippen LogP contribution in [0.25, 0.3) is 22.3 Å². The van der Waals surface area contributed by atoms with Crippen LogP contribution in [-0.2, 0) is 19.3 Å². The molecule has 4 aromatic carbocycles. The van der Waals surface area contributed by atoms with Gasteiger partial charge in [0.25, 0.3) is 0 Å². The van der Waals surface area contributed by atoms with Gasteiger partial charge in [0.05, 0.1) is 6.61 Å². The molecule has 0 amide bonds. The topological polar surface area (TPSA) is 9.23 Å². The molecule has 0 fully saturated rings. The number of halogens is 3. The van der Waals surface area contributed by atoms with Gasteiger partial charge in [-0.25, -0.2) is 13.2 Å². The SMILES string of the molecule is CCCc1ccc(-c2ccc(-c3ccc(CCc4ccc(OCC)c(F)c4)cc3)c(F)c2F)cc1. The van der Waals surface area contributed by atoms with E-state index in [1.165, 1.54) is 11.6 Å². The summed E-state index contributed by atoms with van der Waals surface area (Å²) in [5.41, 5.74) is 4.86. The molecule has 0 saturated carbocycles. The zero-order valence-electron chi connectivity index (χ0n) is 20.1. The minimum atomic E-state index is -0.849. The number of aryl methyl sites for hydroxylation is 3. The van der Waals surface area contributed by atoms with Crippen LogP contribution in [0.2, 0.25) is 0 Å². The maximum absolute atomic E-state index is 15.0. The van der Waals surface area contributed by atoms with Gasteiger partial charge < -0.3 is 4.74 Å². The number of ether oxygens (including phenoxy) is 1. The lowest BCUT2D eigenvalue weighted by Crippen LogP contribution is -1.97. The summed E-state index contributed by atoms with van der Waals surface area (Å²) in [6.07, 6.45) is 3.37. The number of hydrogen-bond acceptors (Lipinski definition) is 1. The van der Waals surface area contributed by atoms with Crippen molar-refractivity contribution in [2.24, 2.45) is 0 Å². The smallest absolute Gasteiger partial charge is 0.167 e. The van der Waals surface area contributed by atoms with E-state index in [0.29, 0.717) is 30.6 Å². The second-order valence-electron chi connectivity index (χ2n) is 8.63. The van der Waals surface area contributed by atoms with Crippen LogP contribution < -0.4 is 4.74 Å².